The largest absolute Gasteiger partial charge is 0.496 e. The second kappa shape index (κ2) is 5.67. The molecule has 0 saturated heterocycles. The monoisotopic (exact) mass is 273 g/mol. The summed E-state index contributed by atoms with van der Waals surface area (Å²) in [7, 11) is 1.69. The summed E-state index contributed by atoms with van der Waals surface area (Å²) in [6.07, 6.45) is 1.86. The van der Waals surface area contributed by atoms with E-state index in [0.717, 1.165) is 29.4 Å². The van der Waals surface area contributed by atoms with Crippen molar-refractivity contribution >= 4 is 0 Å². The van der Waals surface area contributed by atoms with Crippen LogP contribution < -0.4 is 10.1 Å². The molecule has 4 nitrogen and oxygen atoms in total. The van der Waals surface area contributed by atoms with Gasteiger partial charge in [0.05, 0.1) is 25.5 Å². The van der Waals surface area contributed by atoms with Crippen LogP contribution in [-0.4, -0.2) is 22.6 Å². The first-order valence-corrected chi connectivity index (χ1v) is 6.83. The summed E-state index contributed by atoms with van der Waals surface area (Å²) >= 11 is 0. The fourth-order valence-corrected chi connectivity index (χ4v) is 1.97. The molecular weight excluding hydrogens is 250 g/mol. The molecule has 4 heteroatoms. The van der Waals surface area contributed by atoms with Gasteiger partial charge in [0.2, 0.25) is 0 Å². The highest BCUT2D eigenvalue weighted by molar-refractivity contribution is 5.67. The van der Waals surface area contributed by atoms with Gasteiger partial charge in [0.25, 0.3) is 0 Å². The fourth-order valence-electron chi connectivity index (χ4n) is 1.97. The molecule has 2 N–H and O–H groups in total. The van der Waals surface area contributed by atoms with Crippen LogP contribution in [-0.2, 0) is 6.54 Å². The maximum absolute atomic E-state index is 5.41. The Morgan fingerprint density at radius 2 is 2.05 bits per heavy atom. The molecule has 0 unspecified atom stereocenters. The first-order valence-electron chi connectivity index (χ1n) is 6.83. The van der Waals surface area contributed by atoms with Gasteiger partial charge in [-0.1, -0.05) is 11.6 Å². The molecule has 0 atom stereocenters. The van der Waals surface area contributed by atoms with Gasteiger partial charge in [0.1, 0.15) is 11.6 Å². The number of hydrogen-bond acceptors (Lipinski definition) is 3. The standard InChI is InChI=1S/C16H23N3O/c1-11-6-7-14(20-5)12(8-11)13-9-17-15(19-13)10-18-16(2,3)4/h6-9,18H,10H2,1-5H3,(H,17,19). The number of aromatic amines is 1. The van der Waals surface area contributed by atoms with Gasteiger partial charge in [-0.25, -0.2) is 4.98 Å². The molecule has 0 radical (unpaired) electrons. The van der Waals surface area contributed by atoms with Crippen LogP contribution in [0.4, 0.5) is 0 Å². The van der Waals surface area contributed by atoms with Crippen LogP contribution >= 0.6 is 0 Å². The van der Waals surface area contributed by atoms with Crippen LogP contribution in [0, 0.1) is 6.92 Å². The van der Waals surface area contributed by atoms with Crippen molar-refractivity contribution in [3.05, 3.63) is 35.8 Å². The molecule has 20 heavy (non-hydrogen) atoms. The van der Waals surface area contributed by atoms with Gasteiger partial charge in [-0.15, -0.1) is 0 Å². The number of benzene rings is 1. The minimum atomic E-state index is 0.0774. The summed E-state index contributed by atoms with van der Waals surface area (Å²) in [6, 6.07) is 6.13. The van der Waals surface area contributed by atoms with E-state index < -0.39 is 0 Å². The molecule has 0 aliphatic carbocycles. The van der Waals surface area contributed by atoms with Gasteiger partial charge in [0, 0.05) is 11.1 Å². The Morgan fingerprint density at radius 3 is 2.70 bits per heavy atom. The SMILES string of the molecule is COc1ccc(C)cc1-c1cnc(CNC(C)(C)C)[nH]1. The van der Waals surface area contributed by atoms with Crippen LogP contribution in [0.3, 0.4) is 0 Å². The quantitative estimate of drug-likeness (QED) is 0.898. The minimum absolute atomic E-state index is 0.0774. The van der Waals surface area contributed by atoms with Crippen LogP contribution in [0.1, 0.15) is 32.2 Å². The van der Waals surface area contributed by atoms with E-state index >= 15 is 0 Å². The average Bonchev–Trinajstić information content (AvgIpc) is 2.84. The molecule has 1 aromatic carbocycles. The van der Waals surface area contributed by atoms with E-state index in [1.54, 1.807) is 7.11 Å². The summed E-state index contributed by atoms with van der Waals surface area (Å²) in [5.41, 5.74) is 3.30. The van der Waals surface area contributed by atoms with Crippen molar-refractivity contribution in [2.24, 2.45) is 0 Å². The number of hydrogen-bond donors (Lipinski definition) is 2. The Kier molecular flexibility index (Phi) is 4.14. The molecule has 108 valence electrons. The van der Waals surface area contributed by atoms with Crippen molar-refractivity contribution in [2.45, 2.75) is 39.8 Å². The molecule has 2 aromatic rings. The van der Waals surface area contributed by atoms with E-state index in [2.05, 4.69) is 49.0 Å². The predicted octanol–water partition coefficient (Wildman–Crippen LogP) is 3.28. The van der Waals surface area contributed by atoms with Crippen LogP contribution in [0.15, 0.2) is 24.4 Å². The zero-order valence-corrected chi connectivity index (χ0v) is 12.9. The second-order valence-electron chi connectivity index (χ2n) is 6.05. The lowest BCUT2D eigenvalue weighted by molar-refractivity contribution is 0.415. The fraction of sp³-hybridized carbons (Fsp3) is 0.438. The van der Waals surface area contributed by atoms with Gasteiger partial charge < -0.3 is 15.0 Å². The van der Waals surface area contributed by atoms with Gasteiger partial charge >= 0.3 is 0 Å². The third-order valence-electron chi connectivity index (χ3n) is 3.06. The lowest BCUT2D eigenvalue weighted by Crippen LogP contribution is -2.35. The number of rotatable bonds is 4. The molecule has 1 aromatic heterocycles. The number of aryl methyl sites for hydroxylation is 1. The van der Waals surface area contributed by atoms with E-state index in [1.807, 2.05) is 18.3 Å². The summed E-state index contributed by atoms with van der Waals surface area (Å²) in [6.45, 7) is 9.21. The Labute approximate surface area is 120 Å². The lowest BCUT2D eigenvalue weighted by atomic mass is 10.1. The number of methoxy groups -OCH3 is 1. The zero-order chi connectivity index (χ0) is 14.8. The summed E-state index contributed by atoms with van der Waals surface area (Å²) < 4.78 is 5.41. The topological polar surface area (TPSA) is 49.9 Å². The number of H-pyrrole nitrogens is 1. The molecule has 0 fully saturated rings. The van der Waals surface area contributed by atoms with E-state index in [0.29, 0.717) is 0 Å². The first-order chi connectivity index (χ1) is 9.39. The highest BCUT2D eigenvalue weighted by atomic mass is 16.5. The number of aromatic nitrogens is 2. The Morgan fingerprint density at radius 1 is 1.30 bits per heavy atom. The summed E-state index contributed by atoms with van der Waals surface area (Å²) in [5.74, 6) is 1.79. The van der Waals surface area contributed by atoms with Gasteiger partial charge in [0.15, 0.2) is 0 Å². The smallest absolute Gasteiger partial charge is 0.128 e. The molecule has 0 spiro atoms. The summed E-state index contributed by atoms with van der Waals surface area (Å²) in [5, 5.41) is 3.42. The Bertz CT molecular complexity index is 582. The highest BCUT2D eigenvalue weighted by Gasteiger charge is 2.12. The molecule has 2 rings (SSSR count). The zero-order valence-electron chi connectivity index (χ0n) is 12.9. The minimum Gasteiger partial charge on any atom is -0.496 e. The number of nitrogens with zero attached hydrogens (tertiary/aromatic N) is 1. The third kappa shape index (κ3) is 3.61. The van der Waals surface area contributed by atoms with Crippen molar-refractivity contribution in [3.8, 4) is 17.0 Å². The second-order valence-corrected chi connectivity index (χ2v) is 6.05. The third-order valence-corrected chi connectivity index (χ3v) is 3.06. The normalized spacial score (nSPS) is 11.7. The van der Waals surface area contributed by atoms with E-state index in [1.165, 1.54) is 5.56 Å². The number of nitrogens with one attached hydrogen (secondary N) is 2. The highest BCUT2D eigenvalue weighted by Crippen LogP contribution is 2.29. The van der Waals surface area contributed by atoms with Crippen molar-refractivity contribution in [1.29, 1.82) is 0 Å². The van der Waals surface area contributed by atoms with E-state index in [-0.39, 0.29) is 5.54 Å². The van der Waals surface area contributed by atoms with Crippen LogP contribution in [0.2, 0.25) is 0 Å². The molecule has 0 amide bonds. The predicted molar refractivity (Wildman–Crippen MR) is 81.9 cm³/mol. The van der Waals surface area contributed by atoms with Crippen molar-refractivity contribution < 1.29 is 4.74 Å². The van der Waals surface area contributed by atoms with Crippen molar-refractivity contribution in [2.75, 3.05) is 7.11 Å². The molecule has 0 saturated carbocycles. The maximum atomic E-state index is 5.41. The van der Waals surface area contributed by atoms with Gasteiger partial charge in [-0.2, -0.15) is 0 Å². The number of ether oxygens (including phenoxy) is 1. The summed E-state index contributed by atoms with van der Waals surface area (Å²) in [4.78, 5) is 7.78. The molecule has 0 bridgehead atoms. The van der Waals surface area contributed by atoms with Crippen LogP contribution in [0.25, 0.3) is 11.3 Å². The Balaban J connectivity index is 2.22. The average molecular weight is 273 g/mol. The molecule has 1 heterocycles. The first kappa shape index (κ1) is 14.6. The van der Waals surface area contributed by atoms with E-state index in [9.17, 15) is 0 Å². The lowest BCUT2D eigenvalue weighted by Gasteiger charge is -2.19. The van der Waals surface area contributed by atoms with Gasteiger partial charge in [-0.3, -0.25) is 0 Å². The van der Waals surface area contributed by atoms with Crippen molar-refractivity contribution in [3.63, 3.8) is 0 Å². The van der Waals surface area contributed by atoms with Gasteiger partial charge in [-0.05, 0) is 39.8 Å². The molecule has 0 aliphatic heterocycles. The van der Waals surface area contributed by atoms with Crippen molar-refractivity contribution in [1.82, 2.24) is 15.3 Å². The molecular formula is C16H23N3O. The Hall–Kier alpha value is -1.81. The van der Waals surface area contributed by atoms with E-state index in [4.69, 9.17) is 4.74 Å². The number of imidazole rings is 1. The van der Waals surface area contributed by atoms with Crippen LogP contribution in [0.5, 0.6) is 5.75 Å². The molecule has 0 aliphatic rings. The maximum Gasteiger partial charge on any atom is 0.128 e.